The summed E-state index contributed by atoms with van der Waals surface area (Å²) in [6, 6.07) is 13.9. The first-order chi connectivity index (χ1) is 13.6. The van der Waals surface area contributed by atoms with E-state index in [9.17, 15) is 4.79 Å². The third-order valence-corrected chi connectivity index (χ3v) is 5.39. The van der Waals surface area contributed by atoms with Crippen LogP contribution in [0.4, 0.5) is 0 Å². The lowest BCUT2D eigenvalue weighted by molar-refractivity contribution is 0.0967. The molecule has 2 heterocycles. The number of nitrogens with zero attached hydrogens (tertiary/aromatic N) is 4. The first-order valence-corrected chi connectivity index (χ1v) is 9.67. The third-order valence-electron chi connectivity index (χ3n) is 5.39. The zero-order valence-electron chi connectivity index (χ0n) is 16.5. The molecule has 6 heteroatoms. The van der Waals surface area contributed by atoms with Crippen molar-refractivity contribution in [2.75, 3.05) is 33.3 Å². The van der Waals surface area contributed by atoms with E-state index in [2.05, 4.69) is 34.0 Å². The molecule has 0 radical (unpaired) electrons. The van der Waals surface area contributed by atoms with Gasteiger partial charge in [-0.15, -0.1) is 0 Å². The van der Waals surface area contributed by atoms with Crippen molar-refractivity contribution in [3.8, 4) is 5.75 Å². The Balaban J connectivity index is 1.39. The highest BCUT2D eigenvalue weighted by Gasteiger charge is 2.19. The molecule has 28 heavy (non-hydrogen) atoms. The zero-order chi connectivity index (χ0) is 19.5. The maximum atomic E-state index is 12.7. The van der Waals surface area contributed by atoms with Gasteiger partial charge in [0.15, 0.2) is 0 Å². The smallest absolute Gasteiger partial charge is 0.275 e. The third kappa shape index (κ3) is 3.93. The number of piperazine rings is 1. The number of methoxy groups -OCH3 is 1. The molecular weight excluding hydrogens is 352 g/mol. The summed E-state index contributed by atoms with van der Waals surface area (Å²) < 4.78 is 7.08. The fourth-order valence-electron chi connectivity index (χ4n) is 3.78. The van der Waals surface area contributed by atoms with Crippen LogP contribution in [0, 0.1) is 6.92 Å². The van der Waals surface area contributed by atoms with Gasteiger partial charge in [-0.3, -0.25) is 14.6 Å². The number of fused-ring (bicyclic) bond motifs is 1. The molecule has 0 amide bonds. The Bertz CT molecular complexity index is 1020. The fourth-order valence-corrected chi connectivity index (χ4v) is 3.78. The average molecular weight is 378 g/mol. The molecule has 2 aromatic carbocycles. The summed E-state index contributed by atoms with van der Waals surface area (Å²) in [7, 11) is 1.72. The summed E-state index contributed by atoms with van der Waals surface area (Å²) in [4.78, 5) is 17.4. The Labute approximate surface area is 164 Å². The number of hydrogen-bond acceptors (Lipinski definition) is 5. The predicted molar refractivity (Wildman–Crippen MR) is 111 cm³/mol. The van der Waals surface area contributed by atoms with E-state index in [-0.39, 0.29) is 5.56 Å². The lowest BCUT2D eigenvalue weighted by Gasteiger charge is -2.34. The molecule has 0 spiro atoms. The Morgan fingerprint density at radius 1 is 1.04 bits per heavy atom. The van der Waals surface area contributed by atoms with E-state index >= 15 is 0 Å². The lowest BCUT2D eigenvalue weighted by atomic mass is 10.1. The van der Waals surface area contributed by atoms with Crippen LogP contribution in [0.15, 0.2) is 53.5 Å². The monoisotopic (exact) mass is 378 g/mol. The van der Waals surface area contributed by atoms with E-state index in [1.54, 1.807) is 18.0 Å². The molecule has 1 aromatic heterocycles. The van der Waals surface area contributed by atoms with Crippen molar-refractivity contribution in [1.29, 1.82) is 0 Å². The van der Waals surface area contributed by atoms with Crippen molar-refractivity contribution in [3.63, 3.8) is 0 Å². The van der Waals surface area contributed by atoms with Crippen molar-refractivity contribution < 1.29 is 4.74 Å². The Kier molecular flexibility index (Phi) is 5.41. The number of rotatable bonds is 5. The predicted octanol–water partition coefficient (Wildman–Crippen LogP) is 2.49. The standard InChI is InChI=1S/C22H26N4O2/c1-17-7-8-21(28-2)19(13-17)15-24-9-11-25(12-10-24)16-26-22(27)20-6-4-3-5-18(20)14-23-26/h3-8,13-14H,9-12,15-16H2,1-2H3. The maximum Gasteiger partial charge on any atom is 0.275 e. The van der Waals surface area contributed by atoms with Gasteiger partial charge in [-0.05, 0) is 19.1 Å². The summed E-state index contributed by atoms with van der Waals surface area (Å²) in [5.41, 5.74) is 2.45. The summed E-state index contributed by atoms with van der Waals surface area (Å²) in [5.74, 6) is 0.944. The van der Waals surface area contributed by atoms with Crippen molar-refractivity contribution in [3.05, 3.63) is 70.1 Å². The largest absolute Gasteiger partial charge is 0.496 e. The van der Waals surface area contributed by atoms with Crippen LogP contribution in [-0.4, -0.2) is 52.9 Å². The molecule has 0 N–H and O–H groups in total. The highest BCUT2D eigenvalue weighted by atomic mass is 16.5. The van der Waals surface area contributed by atoms with Crippen LogP contribution in [0.1, 0.15) is 11.1 Å². The van der Waals surface area contributed by atoms with Crippen molar-refractivity contribution >= 4 is 10.8 Å². The van der Waals surface area contributed by atoms with E-state index in [0.717, 1.165) is 49.2 Å². The number of hydrogen-bond donors (Lipinski definition) is 0. The summed E-state index contributed by atoms with van der Waals surface area (Å²) in [5, 5.41) is 5.97. The molecule has 146 valence electrons. The second kappa shape index (κ2) is 8.12. The van der Waals surface area contributed by atoms with Crippen LogP contribution in [0.2, 0.25) is 0 Å². The van der Waals surface area contributed by atoms with Gasteiger partial charge in [0, 0.05) is 43.7 Å². The van der Waals surface area contributed by atoms with Gasteiger partial charge in [0.1, 0.15) is 5.75 Å². The number of ether oxygens (including phenoxy) is 1. The van der Waals surface area contributed by atoms with Crippen LogP contribution >= 0.6 is 0 Å². The molecule has 1 aliphatic rings. The summed E-state index contributed by atoms with van der Waals surface area (Å²) >= 11 is 0. The van der Waals surface area contributed by atoms with E-state index in [1.165, 1.54) is 11.1 Å². The topological polar surface area (TPSA) is 50.6 Å². The van der Waals surface area contributed by atoms with Gasteiger partial charge >= 0.3 is 0 Å². The molecule has 6 nitrogen and oxygen atoms in total. The van der Waals surface area contributed by atoms with Gasteiger partial charge in [0.05, 0.1) is 25.4 Å². The molecule has 1 aliphatic heterocycles. The Morgan fingerprint density at radius 2 is 1.79 bits per heavy atom. The second-order valence-electron chi connectivity index (χ2n) is 7.39. The van der Waals surface area contributed by atoms with E-state index < -0.39 is 0 Å². The van der Waals surface area contributed by atoms with Crippen LogP contribution in [0.25, 0.3) is 10.8 Å². The Hall–Kier alpha value is -2.70. The minimum atomic E-state index is -0.0231. The SMILES string of the molecule is COc1ccc(C)cc1CN1CCN(Cn2ncc3ccccc3c2=O)CC1. The van der Waals surface area contributed by atoms with Crippen LogP contribution in [-0.2, 0) is 13.2 Å². The molecule has 0 aliphatic carbocycles. The van der Waals surface area contributed by atoms with Crippen LogP contribution in [0.3, 0.4) is 0 Å². The van der Waals surface area contributed by atoms with Crippen LogP contribution < -0.4 is 10.3 Å². The minimum Gasteiger partial charge on any atom is -0.496 e. The van der Waals surface area contributed by atoms with Gasteiger partial charge in [0.2, 0.25) is 0 Å². The molecule has 1 fully saturated rings. The van der Waals surface area contributed by atoms with Gasteiger partial charge in [-0.2, -0.15) is 5.10 Å². The lowest BCUT2D eigenvalue weighted by Crippen LogP contribution is -2.47. The molecule has 3 aromatic rings. The summed E-state index contributed by atoms with van der Waals surface area (Å²) in [6.45, 7) is 7.26. The minimum absolute atomic E-state index is 0.0231. The van der Waals surface area contributed by atoms with Crippen molar-refractivity contribution in [2.45, 2.75) is 20.1 Å². The highest BCUT2D eigenvalue weighted by molar-refractivity contribution is 5.80. The fraction of sp³-hybridized carbons (Fsp3) is 0.364. The molecule has 0 atom stereocenters. The Morgan fingerprint density at radius 3 is 2.57 bits per heavy atom. The molecule has 1 saturated heterocycles. The number of aromatic nitrogens is 2. The van der Waals surface area contributed by atoms with Crippen molar-refractivity contribution in [2.24, 2.45) is 0 Å². The summed E-state index contributed by atoms with van der Waals surface area (Å²) in [6.07, 6.45) is 1.77. The average Bonchev–Trinajstić information content (AvgIpc) is 2.72. The quantitative estimate of drug-likeness (QED) is 0.683. The second-order valence-corrected chi connectivity index (χ2v) is 7.39. The van der Waals surface area contributed by atoms with Gasteiger partial charge in [-0.1, -0.05) is 35.9 Å². The molecule has 0 saturated carbocycles. The van der Waals surface area contributed by atoms with Crippen LogP contribution in [0.5, 0.6) is 5.75 Å². The van der Waals surface area contributed by atoms with E-state index in [1.807, 2.05) is 30.3 Å². The molecule has 0 bridgehead atoms. The van der Waals surface area contributed by atoms with Gasteiger partial charge < -0.3 is 4.74 Å². The van der Waals surface area contributed by atoms with E-state index in [0.29, 0.717) is 6.67 Å². The van der Waals surface area contributed by atoms with Crippen molar-refractivity contribution in [1.82, 2.24) is 19.6 Å². The zero-order valence-corrected chi connectivity index (χ0v) is 16.5. The molecular formula is C22H26N4O2. The number of benzene rings is 2. The number of aryl methyl sites for hydroxylation is 1. The molecule has 4 rings (SSSR count). The normalized spacial score (nSPS) is 15.8. The van der Waals surface area contributed by atoms with Gasteiger partial charge in [0.25, 0.3) is 5.56 Å². The highest BCUT2D eigenvalue weighted by Crippen LogP contribution is 2.22. The van der Waals surface area contributed by atoms with Gasteiger partial charge in [-0.25, -0.2) is 4.68 Å². The maximum absolute atomic E-state index is 12.7. The van der Waals surface area contributed by atoms with E-state index in [4.69, 9.17) is 4.74 Å². The first-order valence-electron chi connectivity index (χ1n) is 9.67. The first kappa shape index (κ1) is 18.7. The molecule has 0 unspecified atom stereocenters.